The van der Waals surface area contributed by atoms with E-state index in [0.29, 0.717) is 5.92 Å². The van der Waals surface area contributed by atoms with Crippen LogP contribution in [0.2, 0.25) is 0 Å². The number of allylic oxidation sites excluding steroid dienone is 5. The van der Waals surface area contributed by atoms with Crippen LogP contribution >= 0.6 is 0 Å². The minimum atomic E-state index is 0.648. The van der Waals surface area contributed by atoms with Gasteiger partial charge in [-0.1, -0.05) is 87.2 Å². The van der Waals surface area contributed by atoms with Gasteiger partial charge in [-0.3, -0.25) is 0 Å². The summed E-state index contributed by atoms with van der Waals surface area (Å²) in [7, 11) is 0. The maximum absolute atomic E-state index is 4.51. The summed E-state index contributed by atoms with van der Waals surface area (Å²) in [5.41, 5.74) is 13.2. The molecule has 0 radical (unpaired) electrons. The van der Waals surface area contributed by atoms with Gasteiger partial charge in [-0.05, 0) is 108 Å². The number of benzene rings is 2. The molecule has 0 spiro atoms. The Hall–Kier alpha value is -2.34. The first-order chi connectivity index (χ1) is 15.6. The monoisotopic (exact) mass is 422 g/mol. The molecule has 1 unspecified atom stereocenters. The van der Waals surface area contributed by atoms with E-state index in [2.05, 4.69) is 69.0 Å². The summed E-state index contributed by atoms with van der Waals surface area (Å²) >= 11 is 0. The summed E-state index contributed by atoms with van der Waals surface area (Å²) in [6, 6.07) is 14.0. The van der Waals surface area contributed by atoms with Crippen molar-refractivity contribution >= 4 is 5.57 Å². The second-order valence-corrected chi connectivity index (χ2v) is 10.6. The quantitative estimate of drug-likeness (QED) is 0.438. The minimum Gasteiger partial charge on any atom is -0.0949 e. The summed E-state index contributed by atoms with van der Waals surface area (Å²) < 4.78 is 0. The summed E-state index contributed by atoms with van der Waals surface area (Å²) in [6.45, 7) is 8.94. The van der Waals surface area contributed by atoms with Gasteiger partial charge in [-0.2, -0.15) is 0 Å². The fourth-order valence-corrected chi connectivity index (χ4v) is 6.61. The van der Waals surface area contributed by atoms with Crippen LogP contribution < -0.4 is 0 Å². The van der Waals surface area contributed by atoms with Crippen LogP contribution in [0.3, 0.4) is 0 Å². The van der Waals surface area contributed by atoms with Gasteiger partial charge < -0.3 is 0 Å². The summed E-state index contributed by atoms with van der Waals surface area (Å²) in [5, 5.41) is 0. The number of fused-ring (bicyclic) bond motifs is 1. The van der Waals surface area contributed by atoms with E-state index in [9.17, 15) is 0 Å². The van der Waals surface area contributed by atoms with Gasteiger partial charge in [0, 0.05) is 0 Å². The highest BCUT2D eigenvalue weighted by molar-refractivity contribution is 5.72. The lowest BCUT2D eigenvalue weighted by Crippen LogP contribution is -2.09. The lowest BCUT2D eigenvalue weighted by Gasteiger charge is -2.21. The molecule has 0 aliphatic heterocycles. The van der Waals surface area contributed by atoms with E-state index in [4.69, 9.17) is 0 Å². The van der Waals surface area contributed by atoms with Crippen molar-refractivity contribution in [3.8, 4) is 0 Å². The van der Waals surface area contributed by atoms with Gasteiger partial charge in [-0.15, -0.1) is 0 Å². The molecule has 0 heteroatoms. The largest absolute Gasteiger partial charge is 0.0949 e. The van der Waals surface area contributed by atoms with Crippen molar-refractivity contribution in [1.82, 2.24) is 0 Å². The number of rotatable bonds is 6. The Kier molecular flexibility index (Phi) is 6.22. The van der Waals surface area contributed by atoms with Crippen molar-refractivity contribution in [3.05, 3.63) is 99.7 Å². The van der Waals surface area contributed by atoms with Gasteiger partial charge in [0.05, 0.1) is 0 Å². The first-order valence-corrected chi connectivity index (χ1v) is 12.8. The van der Waals surface area contributed by atoms with Gasteiger partial charge in [0.15, 0.2) is 0 Å². The van der Waals surface area contributed by atoms with Crippen LogP contribution in [-0.4, -0.2) is 0 Å². The molecule has 3 aliphatic carbocycles. The van der Waals surface area contributed by atoms with E-state index in [1.54, 1.807) is 22.3 Å². The normalized spacial score (nSPS) is 20.8. The average Bonchev–Trinajstić information content (AvgIpc) is 3.40. The molecule has 0 amide bonds. The van der Waals surface area contributed by atoms with Crippen molar-refractivity contribution in [3.63, 3.8) is 0 Å². The minimum absolute atomic E-state index is 0.648. The molecule has 2 aromatic carbocycles. The Labute approximate surface area is 195 Å². The Morgan fingerprint density at radius 1 is 0.906 bits per heavy atom. The molecule has 2 aromatic rings. The van der Waals surface area contributed by atoms with E-state index in [-0.39, 0.29) is 0 Å². The van der Waals surface area contributed by atoms with E-state index in [0.717, 1.165) is 18.8 Å². The molecule has 0 nitrogen and oxygen atoms in total. The zero-order valence-corrected chi connectivity index (χ0v) is 20.1. The van der Waals surface area contributed by atoms with Crippen LogP contribution in [0.25, 0.3) is 5.57 Å². The molecule has 5 rings (SSSR count). The smallest absolute Gasteiger partial charge is 0.00258 e. The predicted octanol–water partition coefficient (Wildman–Crippen LogP) is 8.50. The van der Waals surface area contributed by atoms with Gasteiger partial charge >= 0.3 is 0 Å². The molecule has 1 atom stereocenters. The number of hydrogen-bond acceptors (Lipinski definition) is 0. The third-order valence-electron chi connectivity index (χ3n) is 8.20. The highest BCUT2D eigenvalue weighted by atomic mass is 14.3. The Morgan fingerprint density at radius 2 is 1.66 bits per heavy atom. The summed E-state index contributed by atoms with van der Waals surface area (Å²) in [5.74, 6) is 1.57. The van der Waals surface area contributed by atoms with Crippen molar-refractivity contribution in [2.45, 2.75) is 78.1 Å². The third-order valence-corrected chi connectivity index (χ3v) is 8.20. The molecular weight excluding hydrogens is 384 g/mol. The maximum Gasteiger partial charge on any atom is -0.00258 e. The highest BCUT2D eigenvalue weighted by Crippen LogP contribution is 2.41. The maximum atomic E-state index is 4.51. The standard InChI is InChI=1S/C32H38/c1-22-9-7-10-23(2)32(22)24(3)17-28-13-8-14-31(28)30-20-27-16-15-26(19-29(27)21-30)18-25-11-5-4-6-12-25/h7,9-10,13-16,19,25,30H,3-6,8,11-12,17-18,20-21H2,1-2H3. The van der Waals surface area contributed by atoms with Gasteiger partial charge in [0.25, 0.3) is 0 Å². The van der Waals surface area contributed by atoms with Crippen LogP contribution in [-0.2, 0) is 19.3 Å². The van der Waals surface area contributed by atoms with E-state index in [1.165, 1.54) is 79.2 Å². The van der Waals surface area contributed by atoms with Crippen molar-refractivity contribution in [1.29, 1.82) is 0 Å². The molecule has 3 aliphatic rings. The zero-order valence-electron chi connectivity index (χ0n) is 20.1. The van der Waals surface area contributed by atoms with E-state index in [1.807, 2.05) is 0 Å². The summed E-state index contributed by atoms with van der Waals surface area (Å²) in [6.07, 6.45) is 17.9. The fourth-order valence-electron chi connectivity index (χ4n) is 6.61. The van der Waals surface area contributed by atoms with Crippen molar-refractivity contribution in [2.24, 2.45) is 11.8 Å². The van der Waals surface area contributed by atoms with Crippen LogP contribution in [0, 0.1) is 25.7 Å². The molecule has 1 fully saturated rings. The second-order valence-electron chi connectivity index (χ2n) is 10.6. The molecule has 1 saturated carbocycles. The van der Waals surface area contributed by atoms with Crippen molar-refractivity contribution < 1.29 is 0 Å². The molecular formula is C32H38. The predicted molar refractivity (Wildman–Crippen MR) is 138 cm³/mol. The van der Waals surface area contributed by atoms with Crippen LogP contribution in [0.5, 0.6) is 0 Å². The Bertz CT molecular complexity index is 1050. The number of aryl methyl sites for hydroxylation is 2. The van der Waals surface area contributed by atoms with E-state index < -0.39 is 0 Å². The van der Waals surface area contributed by atoms with Gasteiger partial charge in [-0.25, -0.2) is 0 Å². The SMILES string of the molecule is C=C(CC1=CCC=C1C1Cc2ccc(CC3CCCCC3)cc2C1)c1c(C)cccc1C. The van der Waals surface area contributed by atoms with Gasteiger partial charge in [0.1, 0.15) is 0 Å². The second kappa shape index (κ2) is 9.26. The van der Waals surface area contributed by atoms with Crippen LogP contribution in [0.4, 0.5) is 0 Å². The Morgan fingerprint density at radius 3 is 2.44 bits per heavy atom. The topological polar surface area (TPSA) is 0 Å². The average molecular weight is 423 g/mol. The highest BCUT2D eigenvalue weighted by Gasteiger charge is 2.28. The lowest BCUT2D eigenvalue weighted by molar-refractivity contribution is 0.356. The molecule has 0 saturated heterocycles. The van der Waals surface area contributed by atoms with Crippen molar-refractivity contribution in [2.75, 3.05) is 0 Å². The molecule has 0 heterocycles. The lowest BCUT2D eigenvalue weighted by atomic mass is 9.84. The molecule has 0 N–H and O–H groups in total. The van der Waals surface area contributed by atoms with Gasteiger partial charge in [0.2, 0.25) is 0 Å². The van der Waals surface area contributed by atoms with Crippen LogP contribution in [0.1, 0.15) is 78.3 Å². The Balaban J connectivity index is 1.26. The van der Waals surface area contributed by atoms with Crippen LogP contribution in [0.15, 0.2) is 66.3 Å². The molecule has 166 valence electrons. The number of hydrogen-bond donors (Lipinski definition) is 0. The zero-order chi connectivity index (χ0) is 22.1. The molecule has 32 heavy (non-hydrogen) atoms. The third kappa shape index (κ3) is 4.42. The summed E-state index contributed by atoms with van der Waals surface area (Å²) in [4.78, 5) is 0. The first-order valence-electron chi connectivity index (χ1n) is 12.8. The molecule has 0 bridgehead atoms. The fraction of sp³-hybridized carbons (Fsp3) is 0.438. The van der Waals surface area contributed by atoms with E-state index >= 15 is 0 Å². The molecule has 0 aromatic heterocycles. The first kappa shape index (κ1) is 21.5.